The van der Waals surface area contributed by atoms with Crippen LogP contribution in [0.25, 0.3) is 0 Å². The molecular formula is C14H22Br2Cl2N2O. The van der Waals surface area contributed by atoms with Crippen LogP contribution in [0.5, 0.6) is 5.75 Å². The SMILES string of the molecule is CCC[C@H](c1c(O)cc(Br)cc1Br)N1CCNCC1.Cl.Cl. The molecule has 0 radical (unpaired) electrons. The van der Waals surface area contributed by atoms with Gasteiger partial charge in [-0.1, -0.05) is 45.2 Å². The van der Waals surface area contributed by atoms with Crippen molar-refractivity contribution in [3.8, 4) is 5.75 Å². The zero-order valence-corrected chi connectivity index (χ0v) is 16.7. The van der Waals surface area contributed by atoms with E-state index < -0.39 is 0 Å². The molecule has 1 aromatic rings. The summed E-state index contributed by atoms with van der Waals surface area (Å²) in [6.07, 6.45) is 2.17. The van der Waals surface area contributed by atoms with Gasteiger partial charge in [0, 0.05) is 46.7 Å². The maximum Gasteiger partial charge on any atom is 0.122 e. The van der Waals surface area contributed by atoms with Crippen LogP contribution < -0.4 is 5.32 Å². The summed E-state index contributed by atoms with van der Waals surface area (Å²) in [6.45, 7) is 6.31. The zero-order valence-electron chi connectivity index (χ0n) is 11.9. The minimum absolute atomic E-state index is 0. The summed E-state index contributed by atoms with van der Waals surface area (Å²) >= 11 is 7.02. The zero-order chi connectivity index (χ0) is 13.8. The predicted octanol–water partition coefficient (Wildman–Crippen LogP) is 4.51. The van der Waals surface area contributed by atoms with E-state index in [-0.39, 0.29) is 30.9 Å². The Balaban J connectivity index is 0.00000200. The van der Waals surface area contributed by atoms with E-state index in [1.807, 2.05) is 6.07 Å². The maximum absolute atomic E-state index is 10.3. The highest BCUT2D eigenvalue weighted by Crippen LogP contribution is 2.39. The molecule has 2 rings (SSSR count). The van der Waals surface area contributed by atoms with Crippen molar-refractivity contribution in [1.82, 2.24) is 10.2 Å². The fourth-order valence-corrected chi connectivity index (χ4v) is 4.14. The number of hydrogen-bond acceptors (Lipinski definition) is 3. The summed E-state index contributed by atoms with van der Waals surface area (Å²) < 4.78 is 1.88. The first-order valence-corrected chi connectivity index (χ1v) is 8.34. The standard InChI is InChI=1S/C14H20Br2N2O.2ClH/c1-2-3-12(18-6-4-17-5-7-18)14-11(16)8-10(15)9-13(14)19;;/h8-9,12,17,19H,2-7H2,1H3;2*1H/t12-;;/m1../s1. The van der Waals surface area contributed by atoms with Crippen molar-refractivity contribution in [2.24, 2.45) is 0 Å². The largest absolute Gasteiger partial charge is 0.508 e. The molecule has 1 aliphatic rings. The summed E-state index contributed by atoms with van der Waals surface area (Å²) in [5.74, 6) is 0.373. The second kappa shape index (κ2) is 10.3. The van der Waals surface area contributed by atoms with Gasteiger partial charge in [-0.3, -0.25) is 4.90 Å². The Morgan fingerprint density at radius 1 is 1.24 bits per heavy atom. The molecule has 1 saturated heterocycles. The molecule has 0 aliphatic carbocycles. The molecule has 2 N–H and O–H groups in total. The van der Waals surface area contributed by atoms with Crippen LogP contribution in [0.15, 0.2) is 21.1 Å². The van der Waals surface area contributed by atoms with Crippen LogP contribution in [0.1, 0.15) is 31.4 Å². The molecule has 0 spiro atoms. The molecule has 0 bridgehead atoms. The Kier molecular flexibility index (Phi) is 10.5. The van der Waals surface area contributed by atoms with E-state index in [4.69, 9.17) is 0 Å². The van der Waals surface area contributed by atoms with Crippen molar-refractivity contribution in [3.63, 3.8) is 0 Å². The smallest absolute Gasteiger partial charge is 0.122 e. The topological polar surface area (TPSA) is 35.5 Å². The first-order chi connectivity index (χ1) is 9.13. The maximum atomic E-state index is 10.3. The van der Waals surface area contributed by atoms with Gasteiger partial charge in [0.15, 0.2) is 0 Å². The van der Waals surface area contributed by atoms with E-state index in [0.717, 1.165) is 53.5 Å². The van der Waals surface area contributed by atoms with Gasteiger partial charge in [-0.05, 0) is 18.6 Å². The van der Waals surface area contributed by atoms with Gasteiger partial charge in [-0.2, -0.15) is 0 Å². The highest BCUT2D eigenvalue weighted by Gasteiger charge is 2.25. The molecule has 3 nitrogen and oxygen atoms in total. The van der Waals surface area contributed by atoms with E-state index in [0.29, 0.717) is 5.75 Å². The average molecular weight is 465 g/mol. The average Bonchev–Trinajstić information content (AvgIpc) is 2.37. The Morgan fingerprint density at radius 3 is 2.38 bits per heavy atom. The number of nitrogens with zero attached hydrogens (tertiary/aromatic N) is 1. The molecular weight excluding hydrogens is 443 g/mol. The van der Waals surface area contributed by atoms with Crippen molar-refractivity contribution in [3.05, 3.63) is 26.6 Å². The second-order valence-corrected chi connectivity index (χ2v) is 6.68. The lowest BCUT2D eigenvalue weighted by Gasteiger charge is -2.36. The number of phenols is 1. The monoisotopic (exact) mass is 462 g/mol. The molecule has 1 heterocycles. The Morgan fingerprint density at radius 2 is 1.86 bits per heavy atom. The van der Waals surface area contributed by atoms with Gasteiger partial charge in [0.2, 0.25) is 0 Å². The lowest BCUT2D eigenvalue weighted by molar-refractivity contribution is 0.161. The van der Waals surface area contributed by atoms with Crippen LogP contribution in [0.4, 0.5) is 0 Å². The van der Waals surface area contributed by atoms with E-state index in [9.17, 15) is 5.11 Å². The van der Waals surface area contributed by atoms with Gasteiger partial charge < -0.3 is 10.4 Å². The Bertz CT molecular complexity index is 420. The van der Waals surface area contributed by atoms with E-state index in [1.54, 1.807) is 6.07 Å². The molecule has 1 aliphatic heterocycles. The van der Waals surface area contributed by atoms with Crippen LogP contribution in [-0.4, -0.2) is 36.2 Å². The molecule has 1 aromatic carbocycles. The van der Waals surface area contributed by atoms with Crippen molar-refractivity contribution in [1.29, 1.82) is 0 Å². The number of piperazine rings is 1. The number of benzene rings is 1. The number of aromatic hydroxyl groups is 1. The van der Waals surface area contributed by atoms with Gasteiger partial charge in [-0.15, -0.1) is 24.8 Å². The summed E-state index contributed by atoms with van der Waals surface area (Å²) in [5, 5.41) is 13.7. The Labute approximate surface area is 155 Å². The highest BCUT2D eigenvalue weighted by atomic mass is 79.9. The summed E-state index contributed by atoms with van der Waals surface area (Å²) in [6, 6.07) is 4.08. The van der Waals surface area contributed by atoms with Crippen LogP contribution in [0.2, 0.25) is 0 Å². The molecule has 7 heteroatoms. The fraction of sp³-hybridized carbons (Fsp3) is 0.571. The highest BCUT2D eigenvalue weighted by molar-refractivity contribution is 9.11. The quantitative estimate of drug-likeness (QED) is 0.688. The third kappa shape index (κ3) is 5.56. The number of hydrogen-bond donors (Lipinski definition) is 2. The number of rotatable bonds is 4. The summed E-state index contributed by atoms with van der Waals surface area (Å²) in [7, 11) is 0. The third-order valence-electron chi connectivity index (χ3n) is 3.56. The third-order valence-corrected chi connectivity index (χ3v) is 4.67. The first-order valence-electron chi connectivity index (χ1n) is 6.76. The van der Waals surface area contributed by atoms with E-state index in [1.165, 1.54) is 0 Å². The number of phenolic OH excluding ortho intramolecular Hbond substituents is 1. The molecule has 0 amide bonds. The summed E-state index contributed by atoms with van der Waals surface area (Å²) in [4.78, 5) is 2.47. The van der Waals surface area contributed by atoms with Gasteiger partial charge in [-0.25, -0.2) is 0 Å². The lowest BCUT2D eigenvalue weighted by Crippen LogP contribution is -2.45. The van der Waals surface area contributed by atoms with Crippen molar-refractivity contribution in [2.45, 2.75) is 25.8 Å². The van der Waals surface area contributed by atoms with Gasteiger partial charge in [0.1, 0.15) is 5.75 Å². The minimum atomic E-state index is 0. The second-order valence-electron chi connectivity index (χ2n) is 4.91. The number of nitrogens with one attached hydrogen (secondary N) is 1. The fourth-order valence-electron chi connectivity index (χ4n) is 2.68. The molecule has 122 valence electrons. The van der Waals surface area contributed by atoms with Gasteiger partial charge >= 0.3 is 0 Å². The summed E-state index contributed by atoms with van der Waals surface area (Å²) in [5.41, 5.74) is 1.02. The van der Waals surface area contributed by atoms with Crippen LogP contribution in [0, 0.1) is 0 Å². The molecule has 0 saturated carbocycles. The molecule has 0 unspecified atom stereocenters. The van der Waals surface area contributed by atoms with E-state index >= 15 is 0 Å². The minimum Gasteiger partial charge on any atom is -0.508 e. The lowest BCUT2D eigenvalue weighted by atomic mass is 9.99. The molecule has 0 aromatic heterocycles. The molecule has 1 fully saturated rings. The normalized spacial score (nSPS) is 16.7. The first kappa shape index (κ1) is 21.5. The van der Waals surface area contributed by atoms with Crippen molar-refractivity contribution >= 4 is 56.7 Å². The Hall–Kier alpha value is 0.480. The predicted molar refractivity (Wildman–Crippen MR) is 100 cm³/mol. The van der Waals surface area contributed by atoms with Crippen LogP contribution in [-0.2, 0) is 0 Å². The van der Waals surface area contributed by atoms with Gasteiger partial charge in [0.05, 0.1) is 0 Å². The van der Waals surface area contributed by atoms with Gasteiger partial charge in [0.25, 0.3) is 0 Å². The van der Waals surface area contributed by atoms with Crippen molar-refractivity contribution in [2.75, 3.05) is 26.2 Å². The van der Waals surface area contributed by atoms with E-state index in [2.05, 4.69) is 49.0 Å². The molecule has 1 atom stereocenters. The van der Waals surface area contributed by atoms with Crippen LogP contribution in [0.3, 0.4) is 0 Å². The van der Waals surface area contributed by atoms with Crippen LogP contribution >= 0.6 is 56.7 Å². The van der Waals surface area contributed by atoms with Crippen molar-refractivity contribution < 1.29 is 5.11 Å². The molecule has 21 heavy (non-hydrogen) atoms. The number of halogens is 4.